The van der Waals surface area contributed by atoms with E-state index in [2.05, 4.69) is 4.72 Å². The number of nitrogens with zero attached hydrogens (tertiary/aromatic N) is 1. The predicted octanol–water partition coefficient (Wildman–Crippen LogP) is 2.76. The molecule has 0 fully saturated rings. The van der Waals surface area contributed by atoms with Crippen molar-refractivity contribution in [1.82, 2.24) is 0 Å². The SMILES string of the molecule is CS(=O)(=O)Nc1ccc([N+](=O)[O-])cc1Oc1ccccc1.[Cu+2]. The van der Waals surface area contributed by atoms with Crippen molar-refractivity contribution in [2.75, 3.05) is 11.0 Å². The zero-order chi connectivity index (χ0) is 15.5. The van der Waals surface area contributed by atoms with E-state index < -0.39 is 14.9 Å². The molecule has 0 aliphatic heterocycles. The van der Waals surface area contributed by atoms with Crippen molar-refractivity contribution in [3.63, 3.8) is 0 Å². The molecule has 2 rings (SSSR count). The summed E-state index contributed by atoms with van der Waals surface area (Å²) in [6.45, 7) is 0. The summed E-state index contributed by atoms with van der Waals surface area (Å²) in [6, 6.07) is 12.2. The number of rotatable bonds is 5. The van der Waals surface area contributed by atoms with E-state index in [1.165, 1.54) is 18.2 Å². The minimum absolute atomic E-state index is 0. The molecule has 0 unspecified atom stereocenters. The molecule has 0 spiro atoms. The Morgan fingerprint density at radius 3 is 2.32 bits per heavy atom. The van der Waals surface area contributed by atoms with Crippen LogP contribution in [0.15, 0.2) is 48.5 Å². The second-order valence-corrected chi connectivity index (χ2v) is 5.98. The number of nitrogens with one attached hydrogen (secondary N) is 1. The predicted molar refractivity (Wildman–Crippen MR) is 78.1 cm³/mol. The van der Waals surface area contributed by atoms with Gasteiger partial charge in [-0.25, -0.2) is 8.42 Å². The van der Waals surface area contributed by atoms with Gasteiger partial charge in [0.15, 0.2) is 5.75 Å². The first kappa shape index (κ1) is 18.0. The molecule has 9 heteroatoms. The summed E-state index contributed by atoms with van der Waals surface area (Å²) >= 11 is 0. The standard InChI is InChI=1S/C13H12N2O5S.Cu/c1-21(18,19)14-12-8-7-10(15(16)17)9-13(12)20-11-5-3-2-4-6-11;/h2-9,14H,1H3;/q;+2. The molecular weight excluding hydrogens is 360 g/mol. The summed E-state index contributed by atoms with van der Waals surface area (Å²) in [4.78, 5) is 10.2. The van der Waals surface area contributed by atoms with Crippen molar-refractivity contribution in [2.45, 2.75) is 0 Å². The molecule has 1 radical (unpaired) electrons. The zero-order valence-corrected chi connectivity index (χ0v) is 13.1. The molecule has 119 valence electrons. The Balaban J connectivity index is 0.00000242. The van der Waals surface area contributed by atoms with Crippen molar-refractivity contribution >= 4 is 21.4 Å². The summed E-state index contributed by atoms with van der Waals surface area (Å²) in [5.74, 6) is 0.496. The topological polar surface area (TPSA) is 98.5 Å². The first-order valence-corrected chi connectivity index (χ1v) is 7.73. The Bertz CT molecular complexity index is 765. The maximum atomic E-state index is 11.3. The van der Waals surface area contributed by atoms with E-state index in [1.807, 2.05) is 0 Å². The fourth-order valence-electron chi connectivity index (χ4n) is 1.61. The Kier molecular flexibility index (Phi) is 5.92. The van der Waals surface area contributed by atoms with Crippen molar-refractivity contribution in [1.29, 1.82) is 0 Å². The van der Waals surface area contributed by atoms with Gasteiger partial charge in [0.2, 0.25) is 10.0 Å². The summed E-state index contributed by atoms with van der Waals surface area (Å²) in [6.07, 6.45) is 0.987. The van der Waals surface area contributed by atoms with Crippen LogP contribution in [0, 0.1) is 10.1 Å². The zero-order valence-electron chi connectivity index (χ0n) is 11.3. The molecule has 0 heterocycles. The van der Waals surface area contributed by atoms with Crippen molar-refractivity contribution < 1.29 is 35.1 Å². The fourth-order valence-corrected chi connectivity index (χ4v) is 2.18. The fraction of sp³-hybridized carbons (Fsp3) is 0.0769. The van der Waals surface area contributed by atoms with Gasteiger partial charge in [-0.3, -0.25) is 14.8 Å². The van der Waals surface area contributed by atoms with Crippen LogP contribution in [0.25, 0.3) is 0 Å². The van der Waals surface area contributed by atoms with Gasteiger partial charge in [-0.15, -0.1) is 0 Å². The van der Waals surface area contributed by atoms with E-state index in [0.717, 1.165) is 6.26 Å². The van der Waals surface area contributed by atoms with Crippen LogP contribution in [-0.4, -0.2) is 19.6 Å². The van der Waals surface area contributed by atoms with Gasteiger partial charge < -0.3 is 4.74 Å². The minimum Gasteiger partial charge on any atom is -0.455 e. The van der Waals surface area contributed by atoms with Gasteiger partial charge in [0.25, 0.3) is 5.69 Å². The Hall–Kier alpha value is -2.09. The van der Waals surface area contributed by atoms with Gasteiger partial charge in [0, 0.05) is 6.07 Å². The maximum Gasteiger partial charge on any atom is 2.00 e. The molecule has 2 aromatic rings. The number of benzene rings is 2. The number of hydrogen-bond donors (Lipinski definition) is 1. The van der Waals surface area contributed by atoms with Crippen molar-refractivity contribution in [2.24, 2.45) is 0 Å². The molecule has 22 heavy (non-hydrogen) atoms. The first-order valence-electron chi connectivity index (χ1n) is 5.84. The third-order valence-corrected chi connectivity index (χ3v) is 3.03. The molecule has 7 nitrogen and oxygen atoms in total. The second kappa shape index (κ2) is 7.26. The van der Waals surface area contributed by atoms with Crippen LogP contribution >= 0.6 is 0 Å². The van der Waals surface area contributed by atoms with Crippen LogP contribution in [0.5, 0.6) is 11.5 Å². The average Bonchev–Trinajstić information content (AvgIpc) is 2.40. The molecule has 0 aliphatic carbocycles. The second-order valence-electron chi connectivity index (χ2n) is 4.23. The summed E-state index contributed by atoms with van der Waals surface area (Å²) < 4.78 is 30.4. The van der Waals surface area contributed by atoms with E-state index in [0.29, 0.717) is 5.75 Å². The molecule has 1 N–H and O–H groups in total. The number of hydrogen-bond acceptors (Lipinski definition) is 5. The minimum atomic E-state index is -3.52. The number of para-hydroxylation sites is 1. The number of anilines is 1. The van der Waals surface area contributed by atoms with Crippen LogP contribution in [0.1, 0.15) is 0 Å². The van der Waals surface area contributed by atoms with Crippen molar-refractivity contribution in [3.8, 4) is 11.5 Å². The Morgan fingerprint density at radius 1 is 1.14 bits per heavy atom. The molecule has 0 saturated carbocycles. The van der Waals surface area contributed by atoms with E-state index in [4.69, 9.17) is 4.74 Å². The summed E-state index contributed by atoms with van der Waals surface area (Å²) in [5.41, 5.74) is -0.0630. The van der Waals surface area contributed by atoms with Gasteiger partial charge in [-0.05, 0) is 18.2 Å². The van der Waals surface area contributed by atoms with Gasteiger partial charge in [-0.1, -0.05) is 18.2 Å². The van der Waals surface area contributed by atoms with Crippen LogP contribution in [0.4, 0.5) is 11.4 Å². The summed E-state index contributed by atoms with van der Waals surface area (Å²) in [5, 5.41) is 10.8. The first-order chi connectivity index (χ1) is 9.85. The third-order valence-electron chi connectivity index (χ3n) is 2.44. The van der Waals surface area contributed by atoms with Crippen LogP contribution in [-0.2, 0) is 27.1 Å². The molecule has 0 aromatic heterocycles. The molecule has 0 atom stereocenters. The number of nitro benzene ring substituents is 1. The average molecular weight is 372 g/mol. The maximum absolute atomic E-state index is 11.3. The van der Waals surface area contributed by atoms with Crippen LogP contribution < -0.4 is 9.46 Å². The number of sulfonamides is 1. The Labute approximate surface area is 138 Å². The Morgan fingerprint density at radius 2 is 1.77 bits per heavy atom. The van der Waals surface area contributed by atoms with E-state index in [1.54, 1.807) is 30.3 Å². The quantitative estimate of drug-likeness (QED) is 0.495. The number of ether oxygens (including phenoxy) is 1. The molecular formula is C13H12CuN2O5S+2. The van der Waals surface area contributed by atoms with Crippen LogP contribution in [0.3, 0.4) is 0 Å². The smallest absolute Gasteiger partial charge is 0.455 e. The molecule has 0 amide bonds. The monoisotopic (exact) mass is 371 g/mol. The van der Waals surface area contributed by atoms with Gasteiger partial charge in [-0.2, -0.15) is 0 Å². The molecule has 2 aromatic carbocycles. The van der Waals surface area contributed by atoms with Gasteiger partial charge >= 0.3 is 17.1 Å². The number of non-ortho nitro benzene ring substituents is 1. The molecule has 0 aliphatic rings. The normalized spacial score (nSPS) is 10.4. The van der Waals surface area contributed by atoms with Gasteiger partial charge in [0.1, 0.15) is 5.75 Å². The number of nitro groups is 1. The largest absolute Gasteiger partial charge is 2.00 e. The van der Waals surface area contributed by atoms with E-state index >= 15 is 0 Å². The summed E-state index contributed by atoms with van der Waals surface area (Å²) in [7, 11) is -3.52. The van der Waals surface area contributed by atoms with E-state index in [-0.39, 0.29) is 34.2 Å². The van der Waals surface area contributed by atoms with Crippen molar-refractivity contribution in [3.05, 3.63) is 58.6 Å². The molecule has 0 saturated heterocycles. The van der Waals surface area contributed by atoms with E-state index in [9.17, 15) is 18.5 Å². The van der Waals surface area contributed by atoms with Gasteiger partial charge in [0.05, 0.1) is 22.9 Å². The molecule has 0 bridgehead atoms. The van der Waals surface area contributed by atoms with Crippen LogP contribution in [0.2, 0.25) is 0 Å². The third kappa shape index (κ3) is 5.03.